The molecule has 0 radical (unpaired) electrons. The number of rotatable bonds is 5. The Hall–Kier alpha value is -1.37. The van der Waals surface area contributed by atoms with Gasteiger partial charge in [-0.2, -0.15) is 0 Å². The van der Waals surface area contributed by atoms with Gasteiger partial charge in [-0.3, -0.25) is 0 Å². The molecule has 1 aliphatic rings. The lowest BCUT2D eigenvalue weighted by Gasteiger charge is -2.22. The van der Waals surface area contributed by atoms with E-state index in [1.165, 1.54) is 12.1 Å². The number of hydrogen-bond donors (Lipinski definition) is 3. The van der Waals surface area contributed by atoms with E-state index in [2.05, 4.69) is 10.6 Å². The summed E-state index contributed by atoms with van der Waals surface area (Å²) in [5.74, 6) is -0.505. The van der Waals surface area contributed by atoms with Crippen molar-refractivity contribution in [2.45, 2.75) is 38.0 Å². The Morgan fingerprint density at radius 3 is 3.05 bits per heavy atom. The third kappa shape index (κ3) is 4.32. The molecule has 0 saturated carbocycles. The van der Waals surface area contributed by atoms with E-state index in [1.54, 1.807) is 6.07 Å². The topological polar surface area (TPSA) is 70.6 Å². The lowest BCUT2D eigenvalue weighted by atomic mass is 10.0. The van der Waals surface area contributed by atoms with E-state index in [0.717, 1.165) is 0 Å². The summed E-state index contributed by atoms with van der Waals surface area (Å²) in [5.41, 5.74) is 0.646. The standard InChI is InChI=1S/C15H20ClFN2O3/c1-9(4-6-20)18-15(21)19-13-5-7-22-14(13)10-2-3-11(16)12(17)8-10/h2-3,8-9,13-14,20H,4-7H2,1H3,(H2,18,19,21). The number of ether oxygens (including phenoxy) is 1. The molecule has 1 aromatic rings. The third-order valence-electron chi connectivity index (χ3n) is 3.62. The first-order chi connectivity index (χ1) is 10.5. The zero-order valence-corrected chi connectivity index (χ0v) is 13.1. The van der Waals surface area contributed by atoms with E-state index in [0.29, 0.717) is 25.0 Å². The number of aliphatic hydroxyl groups is 1. The van der Waals surface area contributed by atoms with Gasteiger partial charge in [-0.1, -0.05) is 17.7 Å². The van der Waals surface area contributed by atoms with Crippen LogP contribution < -0.4 is 10.6 Å². The van der Waals surface area contributed by atoms with Crippen molar-refractivity contribution in [3.05, 3.63) is 34.6 Å². The molecule has 122 valence electrons. The summed E-state index contributed by atoms with van der Waals surface area (Å²) < 4.78 is 19.2. The van der Waals surface area contributed by atoms with Crippen molar-refractivity contribution in [2.75, 3.05) is 13.2 Å². The van der Waals surface area contributed by atoms with Gasteiger partial charge in [0.2, 0.25) is 0 Å². The molecule has 3 N–H and O–H groups in total. The first-order valence-corrected chi connectivity index (χ1v) is 7.63. The fourth-order valence-electron chi connectivity index (χ4n) is 2.45. The van der Waals surface area contributed by atoms with Crippen LogP contribution in [0.25, 0.3) is 0 Å². The second-order valence-electron chi connectivity index (χ2n) is 5.39. The first-order valence-electron chi connectivity index (χ1n) is 7.25. The normalized spacial score (nSPS) is 22.4. The van der Waals surface area contributed by atoms with Gasteiger partial charge in [0.05, 0.1) is 11.1 Å². The molecular weight excluding hydrogens is 311 g/mol. The van der Waals surface area contributed by atoms with E-state index in [1.807, 2.05) is 6.92 Å². The molecule has 0 bridgehead atoms. The predicted octanol–water partition coefficient (Wildman–Crippen LogP) is 2.38. The molecule has 2 rings (SSSR count). The predicted molar refractivity (Wildman–Crippen MR) is 81.3 cm³/mol. The summed E-state index contributed by atoms with van der Waals surface area (Å²) in [6, 6.07) is 3.83. The van der Waals surface area contributed by atoms with Gasteiger partial charge >= 0.3 is 6.03 Å². The van der Waals surface area contributed by atoms with Gasteiger partial charge in [0, 0.05) is 19.3 Å². The minimum Gasteiger partial charge on any atom is -0.396 e. The molecule has 3 unspecified atom stereocenters. The van der Waals surface area contributed by atoms with Crippen molar-refractivity contribution < 1.29 is 19.0 Å². The Labute approximate surface area is 133 Å². The number of carbonyl (C=O) groups is 1. The second kappa shape index (κ2) is 7.76. The first kappa shape index (κ1) is 17.0. The Bertz CT molecular complexity index is 530. The van der Waals surface area contributed by atoms with Crippen molar-refractivity contribution in [1.29, 1.82) is 0 Å². The van der Waals surface area contributed by atoms with Crippen molar-refractivity contribution in [2.24, 2.45) is 0 Å². The number of benzene rings is 1. The minimum absolute atomic E-state index is 0.0145. The number of urea groups is 1. The molecule has 22 heavy (non-hydrogen) atoms. The molecule has 1 aromatic carbocycles. The molecule has 2 amide bonds. The van der Waals surface area contributed by atoms with Gasteiger partial charge < -0.3 is 20.5 Å². The third-order valence-corrected chi connectivity index (χ3v) is 3.93. The maximum Gasteiger partial charge on any atom is 0.315 e. The highest BCUT2D eigenvalue weighted by Crippen LogP contribution is 2.31. The van der Waals surface area contributed by atoms with Crippen LogP contribution in [0.2, 0.25) is 5.02 Å². The van der Waals surface area contributed by atoms with Gasteiger partial charge in [0.25, 0.3) is 0 Å². The van der Waals surface area contributed by atoms with Crippen LogP contribution in [0.5, 0.6) is 0 Å². The van der Waals surface area contributed by atoms with Crippen molar-refractivity contribution in [3.63, 3.8) is 0 Å². The highest BCUT2D eigenvalue weighted by atomic mass is 35.5. The molecule has 1 aliphatic heterocycles. The summed E-state index contributed by atoms with van der Waals surface area (Å²) in [6.07, 6.45) is 0.739. The maximum atomic E-state index is 13.6. The fraction of sp³-hybridized carbons (Fsp3) is 0.533. The molecule has 1 saturated heterocycles. The van der Waals surface area contributed by atoms with E-state index in [-0.39, 0.29) is 29.7 Å². The van der Waals surface area contributed by atoms with Crippen LogP contribution in [0.4, 0.5) is 9.18 Å². The van der Waals surface area contributed by atoms with Crippen molar-refractivity contribution >= 4 is 17.6 Å². The Balaban J connectivity index is 1.98. The molecule has 0 aliphatic carbocycles. The Morgan fingerprint density at radius 1 is 1.59 bits per heavy atom. The quantitative estimate of drug-likeness (QED) is 0.776. The average Bonchev–Trinajstić information content (AvgIpc) is 2.90. The highest BCUT2D eigenvalue weighted by molar-refractivity contribution is 6.30. The van der Waals surface area contributed by atoms with E-state index in [4.69, 9.17) is 21.4 Å². The molecule has 5 nitrogen and oxygen atoms in total. The number of hydrogen-bond acceptors (Lipinski definition) is 3. The van der Waals surface area contributed by atoms with Crippen molar-refractivity contribution in [3.8, 4) is 0 Å². The molecule has 3 atom stereocenters. The number of halogens is 2. The Kier molecular flexibility index (Phi) is 5.99. The molecule has 7 heteroatoms. The number of nitrogens with one attached hydrogen (secondary N) is 2. The summed E-state index contributed by atoms with van der Waals surface area (Å²) in [4.78, 5) is 11.9. The monoisotopic (exact) mass is 330 g/mol. The van der Waals surface area contributed by atoms with Crippen LogP contribution in [-0.4, -0.2) is 36.4 Å². The SMILES string of the molecule is CC(CCO)NC(=O)NC1CCOC1c1ccc(Cl)c(F)c1. The largest absolute Gasteiger partial charge is 0.396 e. The molecule has 0 aromatic heterocycles. The summed E-state index contributed by atoms with van der Waals surface area (Å²) in [5, 5.41) is 14.5. The average molecular weight is 331 g/mol. The summed E-state index contributed by atoms with van der Waals surface area (Å²) in [6.45, 7) is 2.32. The zero-order valence-electron chi connectivity index (χ0n) is 12.3. The molecule has 1 heterocycles. The lowest BCUT2D eigenvalue weighted by Crippen LogP contribution is -2.46. The van der Waals surface area contributed by atoms with Crippen LogP contribution >= 0.6 is 11.6 Å². The van der Waals surface area contributed by atoms with Crippen LogP contribution in [0.1, 0.15) is 31.4 Å². The minimum atomic E-state index is -0.505. The van der Waals surface area contributed by atoms with E-state index in [9.17, 15) is 9.18 Å². The molecular formula is C15H20ClFN2O3. The highest BCUT2D eigenvalue weighted by Gasteiger charge is 2.31. The number of amides is 2. The van der Waals surface area contributed by atoms with Crippen LogP contribution in [0.15, 0.2) is 18.2 Å². The van der Waals surface area contributed by atoms with Crippen LogP contribution in [0.3, 0.4) is 0 Å². The second-order valence-corrected chi connectivity index (χ2v) is 5.80. The maximum absolute atomic E-state index is 13.6. The van der Waals surface area contributed by atoms with Gasteiger partial charge in [0.1, 0.15) is 11.9 Å². The zero-order chi connectivity index (χ0) is 16.1. The fourth-order valence-corrected chi connectivity index (χ4v) is 2.57. The molecule has 0 spiro atoms. The summed E-state index contributed by atoms with van der Waals surface area (Å²) in [7, 11) is 0. The van der Waals surface area contributed by atoms with Gasteiger partial charge in [-0.25, -0.2) is 9.18 Å². The van der Waals surface area contributed by atoms with E-state index >= 15 is 0 Å². The number of aliphatic hydroxyl groups excluding tert-OH is 1. The van der Waals surface area contributed by atoms with Crippen LogP contribution in [0, 0.1) is 5.82 Å². The van der Waals surface area contributed by atoms with Gasteiger partial charge in [-0.15, -0.1) is 0 Å². The van der Waals surface area contributed by atoms with Crippen LogP contribution in [-0.2, 0) is 4.74 Å². The molecule has 1 fully saturated rings. The lowest BCUT2D eigenvalue weighted by molar-refractivity contribution is 0.0995. The van der Waals surface area contributed by atoms with Gasteiger partial charge in [-0.05, 0) is 37.5 Å². The Morgan fingerprint density at radius 2 is 2.36 bits per heavy atom. The van der Waals surface area contributed by atoms with Crippen molar-refractivity contribution in [1.82, 2.24) is 10.6 Å². The smallest absolute Gasteiger partial charge is 0.315 e. The number of carbonyl (C=O) groups excluding carboxylic acids is 1. The van der Waals surface area contributed by atoms with E-state index < -0.39 is 11.9 Å². The van der Waals surface area contributed by atoms with Gasteiger partial charge in [0.15, 0.2) is 0 Å². The summed E-state index contributed by atoms with van der Waals surface area (Å²) >= 11 is 5.68.